The first kappa shape index (κ1) is 13.4. The van der Waals surface area contributed by atoms with Crippen LogP contribution in [0.2, 0.25) is 0 Å². The van der Waals surface area contributed by atoms with Crippen molar-refractivity contribution in [2.24, 2.45) is 0 Å². The lowest BCUT2D eigenvalue weighted by Gasteiger charge is -2.35. The van der Waals surface area contributed by atoms with E-state index in [-0.39, 0.29) is 12.1 Å². The summed E-state index contributed by atoms with van der Waals surface area (Å²) >= 11 is 0. The predicted molar refractivity (Wildman–Crippen MR) is 66.2 cm³/mol. The van der Waals surface area contributed by atoms with E-state index < -0.39 is 5.97 Å². The zero-order valence-corrected chi connectivity index (χ0v) is 11.0. The molecular weight excluding hydrogens is 218 g/mol. The normalized spacial score (nSPS) is 11.4. The molecule has 17 heavy (non-hydrogen) atoms. The Balaban J connectivity index is 3.17. The maximum absolute atomic E-state index is 10.9. The second-order valence-corrected chi connectivity index (χ2v) is 5.07. The van der Waals surface area contributed by atoms with E-state index in [0.717, 1.165) is 5.69 Å². The van der Waals surface area contributed by atoms with Crippen LogP contribution in [0.3, 0.4) is 0 Å². The molecule has 0 bridgehead atoms. The number of anilines is 1. The number of nitrogens with zero attached hydrogens (tertiary/aromatic N) is 3. The summed E-state index contributed by atoms with van der Waals surface area (Å²) in [6.07, 6.45) is 0. The first-order valence-corrected chi connectivity index (χ1v) is 5.52. The molecule has 0 saturated carbocycles. The summed E-state index contributed by atoms with van der Waals surface area (Å²) in [5, 5.41) is 8.96. The fourth-order valence-corrected chi connectivity index (χ4v) is 1.63. The van der Waals surface area contributed by atoms with Gasteiger partial charge in [-0.2, -0.15) is 0 Å². The van der Waals surface area contributed by atoms with Gasteiger partial charge in [-0.3, -0.25) is 4.79 Å². The first-order valence-electron chi connectivity index (χ1n) is 5.52. The number of rotatable bonds is 3. The number of carboxylic acid groups (broad SMARTS) is 1. The highest BCUT2D eigenvalue weighted by Gasteiger charge is 2.25. The van der Waals surface area contributed by atoms with Gasteiger partial charge in [-0.25, -0.2) is 9.97 Å². The number of carboxylic acids is 1. The van der Waals surface area contributed by atoms with E-state index in [1.54, 1.807) is 17.9 Å². The molecule has 0 spiro atoms. The van der Waals surface area contributed by atoms with Gasteiger partial charge < -0.3 is 10.0 Å². The van der Waals surface area contributed by atoms with Crippen LogP contribution in [0, 0.1) is 13.8 Å². The molecule has 0 aromatic carbocycles. The van der Waals surface area contributed by atoms with Crippen LogP contribution in [0.15, 0.2) is 6.07 Å². The van der Waals surface area contributed by atoms with E-state index in [0.29, 0.717) is 11.6 Å². The smallest absolute Gasteiger partial charge is 0.323 e. The largest absolute Gasteiger partial charge is 0.480 e. The third-order valence-corrected chi connectivity index (χ3v) is 2.33. The summed E-state index contributed by atoms with van der Waals surface area (Å²) in [4.78, 5) is 21.2. The number of aryl methyl sites for hydroxylation is 2. The van der Waals surface area contributed by atoms with Crippen LogP contribution < -0.4 is 4.90 Å². The Kier molecular flexibility index (Phi) is 3.70. The molecule has 1 aromatic heterocycles. The van der Waals surface area contributed by atoms with Gasteiger partial charge in [-0.05, 0) is 34.6 Å². The Morgan fingerprint density at radius 3 is 2.35 bits per heavy atom. The third kappa shape index (κ3) is 3.69. The van der Waals surface area contributed by atoms with Crippen molar-refractivity contribution in [1.82, 2.24) is 9.97 Å². The quantitative estimate of drug-likeness (QED) is 0.868. The van der Waals surface area contributed by atoms with Crippen LogP contribution >= 0.6 is 0 Å². The Morgan fingerprint density at radius 2 is 1.94 bits per heavy atom. The summed E-state index contributed by atoms with van der Waals surface area (Å²) in [6, 6.07) is 1.81. The SMILES string of the molecule is Cc1cc(N(CC(=O)O)C(C)(C)C)nc(C)n1. The molecule has 0 aliphatic carbocycles. The fraction of sp³-hybridized carbons (Fsp3) is 0.583. The number of hydrogen-bond acceptors (Lipinski definition) is 4. The summed E-state index contributed by atoms with van der Waals surface area (Å²) in [5.74, 6) is 0.443. The number of aliphatic carboxylic acids is 1. The molecule has 0 fully saturated rings. The van der Waals surface area contributed by atoms with Gasteiger partial charge in [0.1, 0.15) is 18.2 Å². The van der Waals surface area contributed by atoms with Gasteiger partial charge in [-0.1, -0.05) is 0 Å². The zero-order valence-electron chi connectivity index (χ0n) is 11.0. The van der Waals surface area contributed by atoms with Crippen LogP contribution in [0.4, 0.5) is 5.82 Å². The van der Waals surface area contributed by atoms with Crippen LogP contribution in [-0.4, -0.2) is 33.1 Å². The average molecular weight is 237 g/mol. The maximum Gasteiger partial charge on any atom is 0.323 e. The molecule has 0 saturated heterocycles. The summed E-state index contributed by atoms with van der Waals surface area (Å²) in [7, 11) is 0. The Bertz CT molecular complexity index is 404. The van der Waals surface area contributed by atoms with Gasteiger partial charge >= 0.3 is 5.97 Å². The summed E-state index contributed by atoms with van der Waals surface area (Å²) in [6.45, 7) is 9.49. The lowest BCUT2D eigenvalue weighted by Crippen LogP contribution is -2.45. The standard InChI is InChI=1S/C12H19N3O2/c1-8-6-10(14-9(2)13-8)15(7-11(16)17)12(3,4)5/h6H,7H2,1-5H3,(H,16,17). The van der Waals surface area contributed by atoms with Crippen molar-refractivity contribution >= 4 is 11.8 Å². The third-order valence-electron chi connectivity index (χ3n) is 2.33. The fourth-order valence-electron chi connectivity index (χ4n) is 1.63. The van der Waals surface area contributed by atoms with E-state index in [1.165, 1.54) is 0 Å². The Hall–Kier alpha value is -1.65. The van der Waals surface area contributed by atoms with E-state index in [1.807, 2.05) is 27.7 Å². The van der Waals surface area contributed by atoms with Gasteiger partial charge in [0, 0.05) is 17.3 Å². The number of carbonyl (C=O) groups is 1. The number of hydrogen-bond donors (Lipinski definition) is 1. The maximum atomic E-state index is 10.9. The highest BCUT2D eigenvalue weighted by Crippen LogP contribution is 2.22. The minimum absolute atomic E-state index is 0.0700. The van der Waals surface area contributed by atoms with Crippen LogP contribution in [-0.2, 0) is 4.79 Å². The van der Waals surface area contributed by atoms with Gasteiger partial charge in [0.25, 0.3) is 0 Å². The molecule has 1 N–H and O–H groups in total. The Labute approximate surface area is 102 Å². The highest BCUT2D eigenvalue weighted by atomic mass is 16.4. The molecule has 94 valence electrons. The molecule has 1 heterocycles. The number of aromatic nitrogens is 2. The molecule has 1 rings (SSSR count). The van der Waals surface area contributed by atoms with Gasteiger partial charge in [0.15, 0.2) is 0 Å². The minimum Gasteiger partial charge on any atom is -0.480 e. The summed E-state index contributed by atoms with van der Waals surface area (Å²) in [5.41, 5.74) is 0.540. The van der Waals surface area contributed by atoms with Crippen molar-refractivity contribution in [3.63, 3.8) is 0 Å². The van der Waals surface area contributed by atoms with E-state index in [4.69, 9.17) is 5.11 Å². The average Bonchev–Trinajstić information content (AvgIpc) is 2.10. The van der Waals surface area contributed by atoms with Crippen molar-refractivity contribution in [2.45, 2.75) is 40.2 Å². The van der Waals surface area contributed by atoms with E-state index in [9.17, 15) is 4.79 Å². The lowest BCUT2D eigenvalue weighted by atomic mass is 10.1. The molecule has 0 unspecified atom stereocenters. The van der Waals surface area contributed by atoms with Crippen LogP contribution in [0.25, 0.3) is 0 Å². The van der Waals surface area contributed by atoms with Crippen molar-refractivity contribution < 1.29 is 9.90 Å². The minimum atomic E-state index is -0.867. The highest BCUT2D eigenvalue weighted by molar-refractivity contribution is 5.73. The van der Waals surface area contributed by atoms with Gasteiger partial charge in [0.05, 0.1) is 0 Å². The first-order chi connectivity index (χ1) is 7.70. The van der Waals surface area contributed by atoms with Crippen LogP contribution in [0.5, 0.6) is 0 Å². The topological polar surface area (TPSA) is 66.3 Å². The van der Waals surface area contributed by atoms with Crippen molar-refractivity contribution in [3.8, 4) is 0 Å². The van der Waals surface area contributed by atoms with Gasteiger partial charge in [-0.15, -0.1) is 0 Å². The molecule has 5 nitrogen and oxygen atoms in total. The molecule has 0 amide bonds. The van der Waals surface area contributed by atoms with Gasteiger partial charge in [0.2, 0.25) is 0 Å². The predicted octanol–water partition coefficient (Wildman–Crippen LogP) is 1.78. The zero-order chi connectivity index (χ0) is 13.2. The molecule has 1 aromatic rings. The van der Waals surface area contributed by atoms with Crippen molar-refractivity contribution in [1.29, 1.82) is 0 Å². The van der Waals surface area contributed by atoms with Crippen LogP contribution in [0.1, 0.15) is 32.3 Å². The second kappa shape index (κ2) is 4.69. The monoisotopic (exact) mass is 237 g/mol. The van der Waals surface area contributed by atoms with E-state index in [2.05, 4.69) is 9.97 Å². The molecule has 0 aliphatic rings. The Morgan fingerprint density at radius 1 is 1.35 bits per heavy atom. The van der Waals surface area contributed by atoms with Crippen molar-refractivity contribution in [2.75, 3.05) is 11.4 Å². The van der Waals surface area contributed by atoms with E-state index >= 15 is 0 Å². The molecular formula is C12H19N3O2. The second-order valence-electron chi connectivity index (χ2n) is 5.07. The lowest BCUT2D eigenvalue weighted by molar-refractivity contribution is -0.135. The van der Waals surface area contributed by atoms with Crippen molar-refractivity contribution in [3.05, 3.63) is 17.6 Å². The molecule has 0 aliphatic heterocycles. The molecule has 0 radical (unpaired) electrons. The molecule has 5 heteroatoms. The molecule has 0 atom stereocenters. The summed E-state index contributed by atoms with van der Waals surface area (Å²) < 4.78 is 0.